The molecule has 6 N–H and O–H groups in total. The van der Waals surface area contributed by atoms with Crippen LogP contribution >= 0.6 is 0 Å². The average Bonchev–Trinajstić information content (AvgIpc) is 4.15. The predicted octanol–water partition coefficient (Wildman–Crippen LogP) is 7.06. The Morgan fingerprint density at radius 3 is 1.93 bits per heavy atom. The number of nitrogens with zero attached hydrogens (tertiary/aromatic N) is 3. The molecule has 4 aromatic carbocycles. The highest BCUT2D eigenvalue weighted by molar-refractivity contribution is 5.97. The van der Waals surface area contributed by atoms with E-state index in [1.54, 1.807) is 50.2 Å². The van der Waals surface area contributed by atoms with Crippen molar-refractivity contribution in [1.29, 1.82) is 0 Å². The summed E-state index contributed by atoms with van der Waals surface area (Å²) in [6.07, 6.45) is 3.80. The third-order valence-electron chi connectivity index (χ3n) is 14.7. The van der Waals surface area contributed by atoms with Crippen LogP contribution in [0.1, 0.15) is 108 Å². The quantitative estimate of drug-likeness (QED) is 0.0177. The fraction of sp³-hybridized carbons (Fsp3) is 0.492. The molecule has 0 saturated carbocycles. The zero-order valence-electron chi connectivity index (χ0n) is 48.8. The number of phenolic OH excluding ortho intramolecular Hbond substituents is 1. The van der Waals surface area contributed by atoms with Gasteiger partial charge in [0, 0.05) is 24.4 Å². The first kappa shape index (κ1) is 62.9. The molecule has 18 nitrogen and oxygen atoms in total. The molecule has 18 heteroatoms. The van der Waals surface area contributed by atoms with Crippen molar-refractivity contribution in [3.05, 3.63) is 120 Å². The summed E-state index contributed by atoms with van der Waals surface area (Å²) in [5, 5.41) is 24.4. The van der Waals surface area contributed by atoms with Crippen LogP contribution in [0.4, 0.5) is 0 Å². The Kier molecular flexibility index (Phi) is 23.7. The van der Waals surface area contributed by atoms with E-state index in [9.17, 15) is 33.9 Å². The van der Waals surface area contributed by atoms with Crippen LogP contribution in [0, 0.1) is 0 Å². The van der Waals surface area contributed by atoms with Crippen LogP contribution in [0.2, 0.25) is 0 Å². The Morgan fingerprint density at radius 1 is 0.716 bits per heavy atom. The van der Waals surface area contributed by atoms with Gasteiger partial charge in [0.1, 0.15) is 42.4 Å². The van der Waals surface area contributed by atoms with Crippen molar-refractivity contribution in [1.82, 2.24) is 36.4 Å². The standard InChI is InChI=1S/C63H86N8O10/c1-10-14-15-38-79-51-33-29-48(30-34-51)46-23-21-45(22-24-46)47-25-27-49(28-26-47)58(74)64-40-56(73)65-52(11-2)43(6)69-36-16-17-55(69)60(76)67-54(35-20-44-18-31-50(72)32-19-44)59(75)66-53(12-3)62(78)70-41-42(5)81-63(70)61(77)68-57(13-4)80-39-37-71(7,8)9/h18-19,21-34,42,52-55,57,63H,6,10-17,20,35-41H2,1-5,7-9H3,(H5-,64,65,66,67,68,72,73,74,75,76,77)/p+1/t42-,52?,53?,54?,55?,57?,63?/m0/s1. The summed E-state index contributed by atoms with van der Waals surface area (Å²) in [4.78, 5) is 86.5. The summed E-state index contributed by atoms with van der Waals surface area (Å²) in [5.41, 5.74) is 5.83. The Bertz CT molecular complexity index is 2710. The molecular weight excluding hydrogens is 1030 g/mol. The monoisotopic (exact) mass is 1120 g/mol. The first-order chi connectivity index (χ1) is 38.8. The van der Waals surface area contributed by atoms with Gasteiger partial charge in [-0.05, 0) is 123 Å². The van der Waals surface area contributed by atoms with Crippen molar-refractivity contribution in [2.75, 3.05) is 60.5 Å². The van der Waals surface area contributed by atoms with Crippen LogP contribution in [0.15, 0.2) is 109 Å². The lowest BCUT2D eigenvalue weighted by molar-refractivity contribution is -0.870. The number of hydrogen-bond donors (Lipinski definition) is 6. The van der Waals surface area contributed by atoms with Crippen molar-refractivity contribution in [2.24, 2.45) is 0 Å². The van der Waals surface area contributed by atoms with Crippen LogP contribution in [0.5, 0.6) is 11.5 Å². The van der Waals surface area contributed by atoms with E-state index in [0.717, 1.165) is 59.4 Å². The number of nitrogens with one attached hydrogen (secondary N) is 5. The zero-order chi connectivity index (χ0) is 58.6. The van der Waals surface area contributed by atoms with Gasteiger partial charge in [0.15, 0.2) is 0 Å². The molecule has 2 aliphatic heterocycles. The number of quaternary nitrogens is 1. The van der Waals surface area contributed by atoms with E-state index in [1.807, 2.05) is 76.3 Å². The molecule has 0 aliphatic carbocycles. The van der Waals surface area contributed by atoms with Crippen molar-refractivity contribution < 1.29 is 52.6 Å². The number of unbranched alkanes of at least 4 members (excludes halogenated alkanes) is 2. The molecule has 6 unspecified atom stereocenters. The number of likely N-dealkylation sites (N-methyl/N-ethyl adjacent to an activating group) is 1. The van der Waals surface area contributed by atoms with Gasteiger partial charge in [-0.3, -0.25) is 28.8 Å². The highest BCUT2D eigenvalue weighted by Gasteiger charge is 2.43. The van der Waals surface area contributed by atoms with Crippen LogP contribution < -0.4 is 31.3 Å². The minimum Gasteiger partial charge on any atom is -0.508 e. The maximum absolute atomic E-state index is 14.4. The zero-order valence-corrected chi connectivity index (χ0v) is 48.8. The summed E-state index contributed by atoms with van der Waals surface area (Å²) in [7, 11) is 6.14. The second-order valence-corrected chi connectivity index (χ2v) is 22.1. The molecule has 0 aromatic heterocycles. The first-order valence-corrected chi connectivity index (χ1v) is 28.8. The summed E-state index contributed by atoms with van der Waals surface area (Å²) >= 11 is 0. The number of aryl methyl sites for hydroxylation is 1. The van der Waals surface area contributed by atoms with Crippen molar-refractivity contribution in [3.8, 4) is 33.8 Å². The van der Waals surface area contributed by atoms with Gasteiger partial charge < -0.3 is 60.2 Å². The second-order valence-electron chi connectivity index (χ2n) is 22.1. The number of benzene rings is 4. The highest BCUT2D eigenvalue weighted by atomic mass is 16.5. The van der Waals surface area contributed by atoms with Gasteiger partial charge in [-0.2, -0.15) is 0 Å². The number of amides is 6. The molecule has 438 valence electrons. The summed E-state index contributed by atoms with van der Waals surface area (Å²) in [5.74, 6) is -1.92. The van der Waals surface area contributed by atoms with Crippen LogP contribution in [0.25, 0.3) is 22.3 Å². The van der Waals surface area contributed by atoms with E-state index >= 15 is 0 Å². The lowest BCUT2D eigenvalue weighted by Gasteiger charge is -2.33. The van der Waals surface area contributed by atoms with Crippen molar-refractivity contribution in [3.63, 3.8) is 0 Å². The molecule has 81 heavy (non-hydrogen) atoms. The lowest BCUT2D eigenvalue weighted by atomic mass is 9.99. The summed E-state index contributed by atoms with van der Waals surface area (Å²) in [6.45, 7) is 16.0. The lowest BCUT2D eigenvalue weighted by Crippen LogP contribution is -2.58. The summed E-state index contributed by atoms with van der Waals surface area (Å²) < 4.78 is 18.5. The number of rotatable bonds is 30. The van der Waals surface area contributed by atoms with Gasteiger partial charge >= 0.3 is 0 Å². The molecule has 0 spiro atoms. The van der Waals surface area contributed by atoms with E-state index in [4.69, 9.17) is 14.2 Å². The largest absolute Gasteiger partial charge is 0.508 e. The maximum Gasteiger partial charge on any atom is 0.272 e. The van der Waals surface area contributed by atoms with E-state index in [-0.39, 0.29) is 31.7 Å². The molecule has 0 bridgehead atoms. The van der Waals surface area contributed by atoms with Gasteiger partial charge in [0.2, 0.25) is 29.9 Å². The SMILES string of the molecule is C=C(C(CC)NC(=O)CNC(=O)c1ccc(-c2ccc(-c3ccc(OCCCCC)cc3)cc2)cc1)N1CCCC1C(=O)NC(CCc1ccc(O)cc1)C(=O)NC(CC)C(=O)N1C[C@H](C)OC1C(=O)NC(CC)OCC[N+](C)(C)C. The molecule has 0 radical (unpaired) electrons. The minimum absolute atomic E-state index is 0.0883. The maximum atomic E-state index is 14.4. The van der Waals surface area contributed by atoms with Crippen molar-refractivity contribution in [2.45, 2.75) is 142 Å². The van der Waals surface area contributed by atoms with E-state index in [2.05, 4.69) is 64.4 Å². The molecule has 2 saturated heterocycles. The molecule has 2 heterocycles. The smallest absolute Gasteiger partial charge is 0.272 e. The van der Waals surface area contributed by atoms with Gasteiger partial charge in [0.05, 0.1) is 53.0 Å². The predicted molar refractivity (Wildman–Crippen MR) is 313 cm³/mol. The first-order valence-electron chi connectivity index (χ1n) is 28.8. The number of carbonyl (C=O) groups is 6. The number of hydrogen-bond acceptors (Lipinski definition) is 11. The number of ether oxygens (including phenoxy) is 3. The fourth-order valence-corrected chi connectivity index (χ4v) is 9.87. The Balaban J connectivity index is 1.03. The van der Waals surface area contributed by atoms with Gasteiger partial charge in [0.25, 0.3) is 11.8 Å². The number of likely N-dealkylation sites (tertiary alicyclic amines) is 1. The van der Waals surface area contributed by atoms with Crippen LogP contribution in [-0.2, 0) is 39.9 Å². The molecule has 7 atom stereocenters. The highest BCUT2D eigenvalue weighted by Crippen LogP contribution is 2.28. The molecule has 6 amide bonds. The normalized spacial score (nSPS) is 17.6. The van der Waals surface area contributed by atoms with Crippen LogP contribution in [0.3, 0.4) is 0 Å². The van der Waals surface area contributed by atoms with E-state index in [0.29, 0.717) is 67.6 Å². The van der Waals surface area contributed by atoms with Crippen LogP contribution in [-0.4, -0.2) is 158 Å². The topological polar surface area (TPSA) is 217 Å². The minimum atomic E-state index is -1.24. The van der Waals surface area contributed by atoms with Gasteiger partial charge in [-0.1, -0.05) is 108 Å². The third-order valence-corrected chi connectivity index (χ3v) is 14.7. The number of aromatic hydroxyl groups is 1. The van der Waals surface area contributed by atoms with Crippen molar-refractivity contribution >= 4 is 35.4 Å². The molecule has 6 rings (SSSR count). The average molecular weight is 1120 g/mol. The third kappa shape index (κ3) is 18.6. The Labute approximate surface area is 478 Å². The Morgan fingerprint density at radius 2 is 1.33 bits per heavy atom. The fourth-order valence-electron chi connectivity index (χ4n) is 9.87. The summed E-state index contributed by atoms with van der Waals surface area (Å²) in [6, 6.07) is 26.7. The molecule has 4 aromatic rings. The Hall–Kier alpha value is -7.28. The van der Waals surface area contributed by atoms with Gasteiger partial charge in [-0.15, -0.1) is 0 Å². The van der Waals surface area contributed by atoms with E-state index < -0.39 is 78.2 Å². The van der Waals surface area contributed by atoms with Gasteiger partial charge in [-0.25, -0.2) is 0 Å². The number of carbonyl (C=O) groups excluding carboxylic acids is 6. The van der Waals surface area contributed by atoms with E-state index in [1.165, 1.54) is 4.90 Å². The molecule has 2 aliphatic rings. The number of phenols is 1. The molecular formula is C63H87N8O10+. The second kappa shape index (κ2) is 30.5. The molecule has 2 fully saturated rings.